The van der Waals surface area contributed by atoms with E-state index in [1.54, 1.807) is 6.26 Å². The van der Waals surface area contributed by atoms with Gasteiger partial charge >= 0.3 is 13.8 Å². The molecular formula is C42H79O9P. The fourth-order valence-corrected chi connectivity index (χ4v) is 6.43. The van der Waals surface area contributed by atoms with Gasteiger partial charge in [-0.15, -0.1) is 0 Å². The molecule has 0 aromatic rings. The van der Waals surface area contributed by atoms with Crippen molar-refractivity contribution in [1.82, 2.24) is 0 Å². The van der Waals surface area contributed by atoms with E-state index >= 15 is 0 Å². The second kappa shape index (κ2) is 39.2. The molecule has 0 heterocycles. The molecular weight excluding hydrogens is 679 g/mol. The first-order valence-corrected chi connectivity index (χ1v) is 22.5. The first-order chi connectivity index (χ1) is 25.3. The monoisotopic (exact) mass is 759 g/mol. The van der Waals surface area contributed by atoms with E-state index in [4.69, 9.17) is 23.6 Å². The van der Waals surface area contributed by atoms with Crippen LogP contribution in [0.25, 0.3) is 0 Å². The molecule has 0 bridgehead atoms. The fraction of sp³-hybridized carbons (Fsp3) is 0.833. The minimum absolute atomic E-state index is 0.0393. The zero-order valence-corrected chi connectivity index (χ0v) is 34.2. The van der Waals surface area contributed by atoms with E-state index in [1.165, 1.54) is 109 Å². The number of aliphatic hydroxyl groups excluding tert-OH is 2. The van der Waals surface area contributed by atoms with E-state index < -0.39 is 45.8 Å². The molecule has 0 rings (SSSR count). The summed E-state index contributed by atoms with van der Waals surface area (Å²) in [5.74, 6) is -0.418. The van der Waals surface area contributed by atoms with Crippen molar-refractivity contribution < 1.29 is 43.0 Å². The summed E-state index contributed by atoms with van der Waals surface area (Å²) in [6.07, 6.45) is 41.9. The number of carbonyl (C=O) groups is 1. The van der Waals surface area contributed by atoms with Gasteiger partial charge in [0.05, 0.1) is 26.1 Å². The molecule has 3 atom stereocenters. The second-order valence-corrected chi connectivity index (χ2v) is 15.5. The Balaban J connectivity index is 4.26. The van der Waals surface area contributed by atoms with Crippen molar-refractivity contribution >= 4 is 13.8 Å². The number of aliphatic hydroxyl groups is 2. The molecule has 10 heteroatoms. The number of unbranched alkanes of at least 4 members (excludes halogenated alkanes) is 22. The molecule has 0 aliphatic heterocycles. The van der Waals surface area contributed by atoms with Gasteiger partial charge in [-0.2, -0.15) is 0 Å². The van der Waals surface area contributed by atoms with E-state index in [9.17, 15) is 19.4 Å². The van der Waals surface area contributed by atoms with Crippen LogP contribution in [-0.4, -0.2) is 59.7 Å². The molecule has 0 fully saturated rings. The Morgan fingerprint density at radius 2 is 1.04 bits per heavy atom. The van der Waals surface area contributed by atoms with Gasteiger partial charge in [0.1, 0.15) is 12.7 Å². The summed E-state index contributed by atoms with van der Waals surface area (Å²) in [4.78, 5) is 22.5. The van der Waals surface area contributed by atoms with E-state index in [1.807, 2.05) is 6.08 Å². The minimum atomic E-state index is -4.53. The number of hydrogen-bond acceptors (Lipinski definition) is 8. The lowest BCUT2D eigenvalue weighted by molar-refractivity contribution is -0.153. The van der Waals surface area contributed by atoms with Crippen LogP contribution in [0.3, 0.4) is 0 Å². The Morgan fingerprint density at radius 3 is 1.58 bits per heavy atom. The van der Waals surface area contributed by atoms with Crippen molar-refractivity contribution in [3.63, 3.8) is 0 Å². The summed E-state index contributed by atoms with van der Waals surface area (Å²) >= 11 is 0. The van der Waals surface area contributed by atoms with Crippen molar-refractivity contribution in [2.24, 2.45) is 0 Å². The number of esters is 1. The topological polar surface area (TPSA) is 132 Å². The van der Waals surface area contributed by atoms with Crippen LogP contribution in [-0.2, 0) is 27.9 Å². The zero-order chi connectivity index (χ0) is 38.2. The van der Waals surface area contributed by atoms with Crippen molar-refractivity contribution in [3.05, 3.63) is 36.6 Å². The summed E-state index contributed by atoms with van der Waals surface area (Å²) < 4.78 is 33.1. The van der Waals surface area contributed by atoms with Crippen LogP contribution in [0.2, 0.25) is 0 Å². The molecule has 52 heavy (non-hydrogen) atoms. The van der Waals surface area contributed by atoms with Crippen LogP contribution in [0.5, 0.6) is 0 Å². The van der Waals surface area contributed by atoms with Gasteiger partial charge in [0, 0.05) is 6.42 Å². The van der Waals surface area contributed by atoms with Crippen LogP contribution < -0.4 is 0 Å². The molecule has 0 aromatic carbocycles. The zero-order valence-electron chi connectivity index (χ0n) is 33.3. The van der Waals surface area contributed by atoms with Crippen molar-refractivity contribution in [2.45, 2.75) is 199 Å². The molecule has 0 aromatic heterocycles. The van der Waals surface area contributed by atoms with E-state index in [2.05, 4.69) is 38.2 Å². The lowest BCUT2D eigenvalue weighted by Crippen LogP contribution is -2.28. The molecule has 1 unspecified atom stereocenters. The lowest BCUT2D eigenvalue weighted by Gasteiger charge is -2.20. The van der Waals surface area contributed by atoms with Crippen molar-refractivity contribution in [3.8, 4) is 0 Å². The molecule has 0 amide bonds. The molecule has 0 aliphatic rings. The molecule has 3 N–H and O–H groups in total. The third-order valence-corrected chi connectivity index (χ3v) is 9.84. The van der Waals surface area contributed by atoms with Gasteiger partial charge in [0.25, 0.3) is 0 Å². The molecule has 0 aliphatic carbocycles. The van der Waals surface area contributed by atoms with Gasteiger partial charge < -0.3 is 24.6 Å². The van der Waals surface area contributed by atoms with Crippen LogP contribution in [0, 0.1) is 0 Å². The standard InChI is InChI=1S/C42H79O9P/c1-3-5-7-9-11-13-15-17-19-21-23-25-27-29-31-33-35-48-38-41(39-50-52(46,47)49-37-40(44)36-43)51-42(45)34-32-30-28-26-24-22-20-18-16-14-12-10-8-6-4-2/h12,14,18,20,33,35,40-41,43-44H,3-11,13,15-17,19,21-32,34,36-39H2,1-2H3,(H,46,47)/b14-12-,20-18-,35-33-/t40-,41+/m0/s1. The van der Waals surface area contributed by atoms with Crippen LogP contribution >= 0.6 is 7.82 Å². The molecule has 306 valence electrons. The van der Waals surface area contributed by atoms with Crippen LogP contribution in [0.4, 0.5) is 0 Å². The Bertz CT molecular complexity index is 908. The molecule has 0 saturated carbocycles. The van der Waals surface area contributed by atoms with Gasteiger partial charge in [-0.25, -0.2) is 4.57 Å². The summed E-state index contributed by atoms with van der Waals surface area (Å²) in [5, 5.41) is 18.3. The maximum absolute atomic E-state index is 12.6. The smallest absolute Gasteiger partial charge is 0.472 e. The van der Waals surface area contributed by atoms with Gasteiger partial charge in [-0.1, -0.05) is 154 Å². The number of rotatable bonds is 40. The Labute approximate surface area is 318 Å². The largest absolute Gasteiger partial charge is 0.498 e. The quantitative estimate of drug-likeness (QED) is 0.0184. The minimum Gasteiger partial charge on any atom is -0.498 e. The van der Waals surface area contributed by atoms with Crippen molar-refractivity contribution in [2.75, 3.05) is 26.4 Å². The first kappa shape index (κ1) is 50.5. The average Bonchev–Trinajstić information content (AvgIpc) is 3.13. The second-order valence-electron chi connectivity index (χ2n) is 14.1. The summed E-state index contributed by atoms with van der Waals surface area (Å²) in [6.45, 7) is 2.85. The number of phosphoric ester groups is 1. The van der Waals surface area contributed by atoms with E-state index in [0.717, 1.165) is 51.4 Å². The maximum Gasteiger partial charge on any atom is 0.472 e. The van der Waals surface area contributed by atoms with E-state index in [-0.39, 0.29) is 13.0 Å². The van der Waals surface area contributed by atoms with E-state index in [0.29, 0.717) is 6.42 Å². The molecule has 9 nitrogen and oxygen atoms in total. The van der Waals surface area contributed by atoms with Crippen LogP contribution in [0.1, 0.15) is 187 Å². The highest BCUT2D eigenvalue weighted by Gasteiger charge is 2.26. The summed E-state index contributed by atoms with van der Waals surface area (Å²) in [7, 11) is -4.53. The highest BCUT2D eigenvalue weighted by molar-refractivity contribution is 7.47. The number of carbonyl (C=O) groups excluding carboxylic acids is 1. The Hall–Kier alpha value is -1.48. The number of hydrogen-bond donors (Lipinski definition) is 3. The summed E-state index contributed by atoms with van der Waals surface area (Å²) in [5.41, 5.74) is 0. The van der Waals surface area contributed by atoms with Gasteiger partial charge in [0.2, 0.25) is 0 Å². The average molecular weight is 759 g/mol. The van der Waals surface area contributed by atoms with Gasteiger partial charge in [-0.05, 0) is 57.4 Å². The fourth-order valence-electron chi connectivity index (χ4n) is 5.64. The third kappa shape index (κ3) is 38.3. The van der Waals surface area contributed by atoms with Gasteiger partial charge in [-0.3, -0.25) is 13.8 Å². The molecule has 0 spiro atoms. The number of allylic oxidation sites excluding steroid dienone is 5. The van der Waals surface area contributed by atoms with Crippen LogP contribution in [0.15, 0.2) is 36.6 Å². The Morgan fingerprint density at radius 1 is 0.596 bits per heavy atom. The summed E-state index contributed by atoms with van der Waals surface area (Å²) in [6, 6.07) is 0. The molecule has 0 saturated heterocycles. The SMILES string of the molecule is CCCCC/C=C\C/C=C\CCCCCCCC(=O)O[C@H](CO/C=C\CCCCCCCCCCCCCCCC)COP(=O)(O)OC[C@@H](O)CO. The number of phosphoric acid groups is 1. The normalized spacial score (nSPS) is 14.4. The van der Waals surface area contributed by atoms with Crippen molar-refractivity contribution in [1.29, 1.82) is 0 Å². The Kier molecular flexibility index (Phi) is 38.1. The van der Waals surface area contributed by atoms with Gasteiger partial charge in [0.15, 0.2) is 6.10 Å². The lowest BCUT2D eigenvalue weighted by atomic mass is 10.0. The highest BCUT2D eigenvalue weighted by atomic mass is 31.2. The molecule has 0 radical (unpaired) electrons. The number of ether oxygens (including phenoxy) is 2. The predicted molar refractivity (Wildman–Crippen MR) is 214 cm³/mol. The maximum atomic E-state index is 12.6. The predicted octanol–water partition coefficient (Wildman–Crippen LogP) is 11.6. The highest BCUT2D eigenvalue weighted by Crippen LogP contribution is 2.43. The third-order valence-electron chi connectivity index (χ3n) is 8.89. The first-order valence-electron chi connectivity index (χ1n) is 21.0.